The molecule has 1 rings (SSSR count). The molecule has 1 aromatic carbocycles. The van der Waals surface area contributed by atoms with Gasteiger partial charge in [0.05, 0.1) is 6.67 Å². The van der Waals surface area contributed by atoms with Gasteiger partial charge in [-0.2, -0.15) is 0 Å². The molecule has 0 saturated heterocycles. The van der Waals surface area contributed by atoms with Crippen molar-refractivity contribution >= 4 is 12.1 Å². The smallest absolute Gasteiger partial charge is 0.210 e. The maximum Gasteiger partial charge on any atom is 0.210 e. The Morgan fingerprint density at radius 3 is 2.43 bits per heavy atom. The van der Waals surface area contributed by atoms with E-state index in [1.807, 2.05) is 30.3 Å². The zero-order chi connectivity index (χ0) is 10.4. The van der Waals surface area contributed by atoms with Gasteiger partial charge >= 0.3 is 0 Å². The fraction of sp³-hybridized carbons (Fsp3) is 0.364. The van der Waals surface area contributed by atoms with E-state index in [0.717, 1.165) is 18.6 Å². The summed E-state index contributed by atoms with van der Waals surface area (Å²) >= 11 is 0. The van der Waals surface area contributed by atoms with E-state index in [-0.39, 0.29) is 0 Å². The normalized spacial score (nSPS) is 9.57. The van der Waals surface area contributed by atoms with Gasteiger partial charge in [-0.15, -0.1) is 0 Å². The van der Waals surface area contributed by atoms with Gasteiger partial charge in [-0.1, -0.05) is 18.2 Å². The Bertz CT molecular complexity index is 274. The Balaban J connectivity index is 2.67. The number of hydrogen-bond acceptors (Lipinski definition) is 2. The molecule has 0 atom stereocenters. The molecule has 0 aliphatic rings. The Morgan fingerprint density at radius 1 is 1.29 bits per heavy atom. The van der Waals surface area contributed by atoms with Gasteiger partial charge in [-0.3, -0.25) is 4.79 Å². The Morgan fingerprint density at radius 2 is 1.93 bits per heavy atom. The van der Waals surface area contributed by atoms with Crippen LogP contribution in [0.3, 0.4) is 0 Å². The molecule has 0 heterocycles. The van der Waals surface area contributed by atoms with E-state index in [2.05, 4.69) is 11.8 Å². The topological polar surface area (TPSA) is 23.6 Å². The van der Waals surface area contributed by atoms with Gasteiger partial charge < -0.3 is 9.80 Å². The van der Waals surface area contributed by atoms with E-state index >= 15 is 0 Å². The highest BCUT2D eigenvalue weighted by Crippen LogP contribution is 2.12. The molecule has 0 radical (unpaired) electrons. The number of carbonyl (C=O) groups is 1. The lowest BCUT2D eigenvalue weighted by molar-refractivity contribution is -0.117. The second-order valence-corrected chi connectivity index (χ2v) is 3.20. The van der Waals surface area contributed by atoms with Crippen LogP contribution in [0.4, 0.5) is 5.69 Å². The average molecular weight is 192 g/mol. The lowest BCUT2D eigenvalue weighted by Crippen LogP contribution is -2.34. The number of carbonyl (C=O) groups excluding carboxylic acids is 1. The van der Waals surface area contributed by atoms with Crippen molar-refractivity contribution in [3.8, 4) is 0 Å². The van der Waals surface area contributed by atoms with Crippen LogP contribution < -0.4 is 4.90 Å². The van der Waals surface area contributed by atoms with Crippen LogP contribution in [0, 0.1) is 0 Å². The first-order chi connectivity index (χ1) is 6.77. The van der Waals surface area contributed by atoms with Gasteiger partial charge in [0.25, 0.3) is 0 Å². The summed E-state index contributed by atoms with van der Waals surface area (Å²) in [5.74, 6) is 0. The Labute approximate surface area is 84.9 Å². The summed E-state index contributed by atoms with van der Waals surface area (Å²) in [6.07, 6.45) is 0.839. The highest BCUT2D eigenvalue weighted by molar-refractivity contribution is 5.50. The van der Waals surface area contributed by atoms with E-state index in [1.54, 1.807) is 11.9 Å². The van der Waals surface area contributed by atoms with Crippen molar-refractivity contribution in [3.05, 3.63) is 30.3 Å². The minimum absolute atomic E-state index is 0.629. The molecule has 0 unspecified atom stereocenters. The maximum atomic E-state index is 10.5. The molecule has 0 aromatic heterocycles. The number of benzene rings is 1. The summed E-state index contributed by atoms with van der Waals surface area (Å²) in [7, 11) is 1.78. The quantitative estimate of drug-likeness (QED) is 0.522. The first-order valence-electron chi connectivity index (χ1n) is 4.73. The van der Waals surface area contributed by atoms with E-state index in [0.29, 0.717) is 6.67 Å². The summed E-state index contributed by atoms with van der Waals surface area (Å²) in [6, 6.07) is 10.1. The second-order valence-electron chi connectivity index (χ2n) is 3.20. The SMILES string of the molecule is CCN(CN(C)C=O)c1ccccc1. The van der Waals surface area contributed by atoms with Crippen LogP contribution >= 0.6 is 0 Å². The first-order valence-corrected chi connectivity index (χ1v) is 4.73. The van der Waals surface area contributed by atoms with Crippen molar-refractivity contribution in [1.29, 1.82) is 0 Å². The second kappa shape index (κ2) is 5.27. The van der Waals surface area contributed by atoms with E-state index in [1.165, 1.54) is 0 Å². The summed E-state index contributed by atoms with van der Waals surface area (Å²) in [6.45, 7) is 3.60. The molecule has 0 aliphatic carbocycles. The summed E-state index contributed by atoms with van der Waals surface area (Å²) in [4.78, 5) is 14.2. The molecular formula is C11H16N2O. The Hall–Kier alpha value is -1.51. The van der Waals surface area contributed by atoms with Crippen molar-refractivity contribution in [2.75, 3.05) is 25.2 Å². The number of para-hydroxylation sites is 1. The lowest BCUT2D eigenvalue weighted by atomic mass is 10.3. The molecular weight excluding hydrogens is 176 g/mol. The van der Waals surface area contributed by atoms with Crippen LogP contribution in [-0.4, -0.2) is 31.6 Å². The largest absolute Gasteiger partial charge is 0.354 e. The van der Waals surface area contributed by atoms with E-state index in [9.17, 15) is 4.79 Å². The lowest BCUT2D eigenvalue weighted by Gasteiger charge is -2.26. The fourth-order valence-electron chi connectivity index (χ4n) is 1.31. The molecule has 0 fully saturated rings. The summed E-state index contributed by atoms with van der Waals surface area (Å²) in [5.41, 5.74) is 1.14. The third-order valence-electron chi connectivity index (χ3n) is 2.08. The van der Waals surface area contributed by atoms with Gasteiger partial charge in [0.15, 0.2) is 0 Å². The van der Waals surface area contributed by atoms with Gasteiger partial charge in [0, 0.05) is 19.3 Å². The number of rotatable bonds is 5. The maximum absolute atomic E-state index is 10.5. The zero-order valence-electron chi connectivity index (χ0n) is 8.68. The van der Waals surface area contributed by atoms with Crippen molar-refractivity contribution in [1.82, 2.24) is 4.90 Å². The molecule has 76 valence electrons. The Kier molecular flexibility index (Phi) is 3.98. The first kappa shape index (κ1) is 10.6. The van der Waals surface area contributed by atoms with Crippen LogP contribution in [0.15, 0.2) is 30.3 Å². The standard InChI is InChI=1S/C11H16N2O/c1-3-13(9-12(2)10-14)11-7-5-4-6-8-11/h4-8,10H,3,9H2,1-2H3. The number of nitrogens with zero attached hydrogens (tertiary/aromatic N) is 2. The summed E-state index contributed by atoms with van der Waals surface area (Å²) in [5, 5.41) is 0. The van der Waals surface area contributed by atoms with Crippen LogP contribution in [0.5, 0.6) is 0 Å². The molecule has 1 aromatic rings. The predicted octanol–water partition coefficient (Wildman–Crippen LogP) is 1.56. The predicted molar refractivity (Wildman–Crippen MR) is 58.2 cm³/mol. The highest BCUT2D eigenvalue weighted by Gasteiger charge is 2.04. The summed E-state index contributed by atoms with van der Waals surface area (Å²) < 4.78 is 0. The van der Waals surface area contributed by atoms with Crippen LogP contribution in [0.2, 0.25) is 0 Å². The molecule has 0 saturated carbocycles. The molecule has 0 spiro atoms. The average Bonchev–Trinajstić information content (AvgIpc) is 2.26. The third kappa shape index (κ3) is 2.76. The molecule has 0 bridgehead atoms. The molecule has 14 heavy (non-hydrogen) atoms. The fourth-order valence-corrected chi connectivity index (χ4v) is 1.31. The van der Waals surface area contributed by atoms with Crippen molar-refractivity contribution in [2.24, 2.45) is 0 Å². The number of amides is 1. The zero-order valence-corrected chi connectivity index (χ0v) is 8.68. The van der Waals surface area contributed by atoms with Crippen LogP contribution in [0.1, 0.15) is 6.92 Å². The highest BCUT2D eigenvalue weighted by atomic mass is 16.1. The minimum Gasteiger partial charge on any atom is -0.354 e. The molecule has 0 N–H and O–H groups in total. The van der Waals surface area contributed by atoms with Gasteiger partial charge in [-0.25, -0.2) is 0 Å². The van der Waals surface area contributed by atoms with Crippen molar-refractivity contribution in [3.63, 3.8) is 0 Å². The van der Waals surface area contributed by atoms with Crippen molar-refractivity contribution in [2.45, 2.75) is 6.92 Å². The monoisotopic (exact) mass is 192 g/mol. The van der Waals surface area contributed by atoms with Gasteiger partial charge in [-0.05, 0) is 19.1 Å². The molecule has 1 amide bonds. The minimum atomic E-state index is 0.629. The van der Waals surface area contributed by atoms with E-state index < -0.39 is 0 Å². The van der Waals surface area contributed by atoms with Crippen LogP contribution in [-0.2, 0) is 4.79 Å². The number of anilines is 1. The van der Waals surface area contributed by atoms with E-state index in [4.69, 9.17) is 0 Å². The van der Waals surface area contributed by atoms with Gasteiger partial charge in [0.1, 0.15) is 0 Å². The number of hydrogen-bond donors (Lipinski definition) is 0. The molecule has 3 heteroatoms. The van der Waals surface area contributed by atoms with Crippen LogP contribution in [0.25, 0.3) is 0 Å². The van der Waals surface area contributed by atoms with Crippen molar-refractivity contribution < 1.29 is 4.79 Å². The molecule has 0 aliphatic heterocycles. The van der Waals surface area contributed by atoms with Gasteiger partial charge in [0.2, 0.25) is 6.41 Å². The molecule has 3 nitrogen and oxygen atoms in total. The third-order valence-corrected chi connectivity index (χ3v) is 2.08.